The molecule has 0 amide bonds. The van der Waals surface area contributed by atoms with Gasteiger partial charge in [0.2, 0.25) is 0 Å². The van der Waals surface area contributed by atoms with Crippen molar-refractivity contribution in [3.63, 3.8) is 0 Å². The van der Waals surface area contributed by atoms with Crippen LogP contribution < -0.4 is 5.32 Å². The predicted molar refractivity (Wildman–Crippen MR) is 54.1 cm³/mol. The highest BCUT2D eigenvalue weighted by Gasteiger charge is 2.44. The maximum absolute atomic E-state index is 11.2. The summed E-state index contributed by atoms with van der Waals surface area (Å²) in [5.41, 5.74) is 0.134. The molecule has 0 aromatic heterocycles. The first-order valence-corrected chi connectivity index (χ1v) is 5.68. The van der Waals surface area contributed by atoms with Crippen LogP contribution in [0.15, 0.2) is 0 Å². The van der Waals surface area contributed by atoms with Crippen molar-refractivity contribution in [3.05, 3.63) is 0 Å². The number of carboxylic acids is 1. The van der Waals surface area contributed by atoms with E-state index in [2.05, 4.69) is 5.32 Å². The normalized spacial score (nSPS) is 31.6. The van der Waals surface area contributed by atoms with Gasteiger partial charge in [0, 0.05) is 0 Å². The zero-order valence-corrected chi connectivity index (χ0v) is 8.59. The summed E-state index contributed by atoms with van der Waals surface area (Å²) in [5.74, 6) is -0.634. The van der Waals surface area contributed by atoms with Gasteiger partial charge in [-0.3, -0.25) is 4.79 Å². The van der Waals surface area contributed by atoms with Crippen molar-refractivity contribution in [1.29, 1.82) is 0 Å². The molecule has 0 aromatic rings. The lowest BCUT2D eigenvalue weighted by Gasteiger charge is -2.45. The summed E-state index contributed by atoms with van der Waals surface area (Å²) in [6.45, 7) is 2.01. The minimum absolute atomic E-state index is 0.0710. The molecule has 2 aliphatic rings. The fraction of sp³-hybridized carbons (Fsp3) is 0.909. The SMILES string of the molecule is O=C(O)C1CCCCC12CCNCC2. The van der Waals surface area contributed by atoms with Crippen molar-refractivity contribution in [2.45, 2.75) is 38.5 Å². The minimum atomic E-state index is -0.563. The predicted octanol–water partition coefficient (Wildman–Crippen LogP) is 1.63. The van der Waals surface area contributed by atoms with Crippen molar-refractivity contribution >= 4 is 5.97 Å². The molecule has 2 N–H and O–H groups in total. The largest absolute Gasteiger partial charge is 0.481 e. The Morgan fingerprint density at radius 2 is 1.93 bits per heavy atom. The van der Waals surface area contributed by atoms with Crippen molar-refractivity contribution in [3.8, 4) is 0 Å². The van der Waals surface area contributed by atoms with Gasteiger partial charge in [-0.15, -0.1) is 0 Å². The molecule has 3 nitrogen and oxygen atoms in total. The summed E-state index contributed by atoms with van der Waals surface area (Å²) in [4.78, 5) is 11.2. The molecule has 1 saturated carbocycles. The van der Waals surface area contributed by atoms with Crippen molar-refractivity contribution in [2.75, 3.05) is 13.1 Å². The third kappa shape index (κ3) is 1.65. The summed E-state index contributed by atoms with van der Waals surface area (Å²) in [6, 6.07) is 0. The summed E-state index contributed by atoms with van der Waals surface area (Å²) < 4.78 is 0. The lowest BCUT2D eigenvalue weighted by molar-refractivity contribution is -0.150. The highest BCUT2D eigenvalue weighted by Crippen LogP contribution is 2.47. The number of carbonyl (C=O) groups is 1. The molecule has 1 unspecified atom stereocenters. The zero-order chi connectivity index (χ0) is 10.0. The molecule has 1 heterocycles. The number of piperidine rings is 1. The lowest BCUT2D eigenvalue weighted by atomic mass is 9.61. The van der Waals surface area contributed by atoms with E-state index in [1.165, 1.54) is 6.42 Å². The maximum atomic E-state index is 11.2. The molecule has 3 heteroatoms. The molecule has 1 saturated heterocycles. The second-order valence-corrected chi connectivity index (χ2v) is 4.75. The van der Waals surface area contributed by atoms with Crippen molar-refractivity contribution in [2.24, 2.45) is 11.3 Å². The zero-order valence-electron chi connectivity index (χ0n) is 8.59. The molecular weight excluding hydrogens is 178 g/mol. The van der Waals surface area contributed by atoms with Crippen LogP contribution in [0.2, 0.25) is 0 Å². The quantitative estimate of drug-likeness (QED) is 0.671. The average molecular weight is 197 g/mol. The number of aliphatic carboxylic acids is 1. The van der Waals surface area contributed by atoms with Gasteiger partial charge in [-0.25, -0.2) is 0 Å². The molecule has 1 aliphatic heterocycles. The van der Waals surface area contributed by atoms with Crippen LogP contribution in [0.1, 0.15) is 38.5 Å². The third-order valence-electron chi connectivity index (χ3n) is 4.05. The van der Waals surface area contributed by atoms with Gasteiger partial charge in [-0.2, -0.15) is 0 Å². The van der Waals surface area contributed by atoms with Crippen LogP contribution in [-0.2, 0) is 4.79 Å². The second-order valence-electron chi connectivity index (χ2n) is 4.75. The van der Waals surface area contributed by atoms with Gasteiger partial charge >= 0.3 is 5.97 Å². The number of nitrogens with one attached hydrogen (secondary N) is 1. The van der Waals surface area contributed by atoms with Gasteiger partial charge in [-0.05, 0) is 44.2 Å². The van der Waals surface area contributed by atoms with Crippen LogP contribution in [0.4, 0.5) is 0 Å². The maximum Gasteiger partial charge on any atom is 0.307 e. The number of carboxylic acid groups (broad SMARTS) is 1. The highest BCUT2D eigenvalue weighted by atomic mass is 16.4. The van der Waals surface area contributed by atoms with Crippen LogP contribution in [0.3, 0.4) is 0 Å². The van der Waals surface area contributed by atoms with Crippen LogP contribution in [-0.4, -0.2) is 24.2 Å². The van der Waals surface area contributed by atoms with Crippen LogP contribution in [0.25, 0.3) is 0 Å². The van der Waals surface area contributed by atoms with Crippen LogP contribution in [0, 0.1) is 11.3 Å². The molecule has 80 valence electrons. The summed E-state index contributed by atoms with van der Waals surface area (Å²) >= 11 is 0. The average Bonchev–Trinajstić information content (AvgIpc) is 2.19. The first kappa shape index (κ1) is 9.97. The Hall–Kier alpha value is -0.570. The molecule has 0 radical (unpaired) electrons. The van der Waals surface area contributed by atoms with E-state index < -0.39 is 5.97 Å². The summed E-state index contributed by atoms with van der Waals surface area (Å²) in [5, 5.41) is 12.6. The Morgan fingerprint density at radius 3 is 2.57 bits per heavy atom. The molecule has 14 heavy (non-hydrogen) atoms. The smallest absolute Gasteiger partial charge is 0.307 e. The molecule has 1 atom stereocenters. The molecule has 2 fully saturated rings. The Balaban J connectivity index is 2.14. The molecule has 2 rings (SSSR count). The number of rotatable bonds is 1. The molecule has 1 aliphatic carbocycles. The monoisotopic (exact) mass is 197 g/mol. The Labute approximate surface area is 84.9 Å². The van der Waals surface area contributed by atoms with E-state index in [1.54, 1.807) is 0 Å². The summed E-state index contributed by atoms with van der Waals surface area (Å²) in [6.07, 6.45) is 6.48. The van der Waals surface area contributed by atoms with Gasteiger partial charge in [0.1, 0.15) is 0 Å². The Bertz CT molecular complexity index is 213. The minimum Gasteiger partial charge on any atom is -0.481 e. The summed E-state index contributed by atoms with van der Waals surface area (Å²) in [7, 11) is 0. The second kappa shape index (κ2) is 3.89. The van der Waals surface area contributed by atoms with E-state index in [9.17, 15) is 9.90 Å². The van der Waals surface area contributed by atoms with Gasteiger partial charge in [0.25, 0.3) is 0 Å². The van der Waals surface area contributed by atoms with Gasteiger partial charge < -0.3 is 10.4 Å². The molecular formula is C11H19NO2. The van der Waals surface area contributed by atoms with Crippen LogP contribution >= 0.6 is 0 Å². The van der Waals surface area contributed by atoms with E-state index in [0.717, 1.165) is 45.2 Å². The van der Waals surface area contributed by atoms with Gasteiger partial charge in [-0.1, -0.05) is 12.8 Å². The number of hydrogen-bond donors (Lipinski definition) is 2. The topological polar surface area (TPSA) is 49.3 Å². The fourth-order valence-electron chi connectivity index (χ4n) is 3.21. The first-order valence-electron chi connectivity index (χ1n) is 5.68. The number of hydrogen-bond acceptors (Lipinski definition) is 2. The standard InChI is InChI=1S/C11H19NO2/c13-10(14)9-3-1-2-4-11(9)5-7-12-8-6-11/h9,12H,1-8H2,(H,13,14). The van der Waals surface area contributed by atoms with E-state index >= 15 is 0 Å². The lowest BCUT2D eigenvalue weighted by Crippen LogP contribution is -2.46. The Morgan fingerprint density at radius 1 is 1.21 bits per heavy atom. The molecule has 1 spiro atoms. The van der Waals surface area contributed by atoms with E-state index in [4.69, 9.17) is 0 Å². The van der Waals surface area contributed by atoms with Crippen molar-refractivity contribution < 1.29 is 9.90 Å². The first-order chi connectivity index (χ1) is 6.75. The highest BCUT2D eigenvalue weighted by molar-refractivity contribution is 5.71. The Kier molecular flexibility index (Phi) is 2.77. The van der Waals surface area contributed by atoms with Crippen molar-refractivity contribution in [1.82, 2.24) is 5.32 Å². The fourth-order valence-corrected chi connectivity index (χ4v) is 3.21. The van der Waals surface area contributed by atoms with Crippen LogP contribution in [0.5, 0.6) is 0 Å². The van der Waals surface area contributed by atoms with E-state index in [0.29, 0.717) is 0 Å². The van der Waals surface area contributed by atoms with E-state index in [-0.39, 0.29) is 11.3 Å². The van der Waals surface area contributed by atoms with Gasteiger partial charge in [0.05, 0.1) is 5.92 Å². The molecule has 0 aromatic carbocycles. The van der Waals surface area contributed by atoms with E-state index in [1.807, 2.05) is 0 Å². The molecule has 0 bridgehead atoms. The third-order valence-corrected chi connectivity index (χ3v) is 4.05. The van der Waals surface area contributed by atoms with Gasteiger partial charge in [0.15, 0.2) is 0 Å².